The number of hydrogen-bond donors (Lipinski definition) is 0. The van der Waals surface area contributed by atoms with Crippen molar-refractivity contribution in [1.29, 1.82) is 0 Å². The van der Waals surface area contributed by atoms with Crippen LogP contribution in [0.1, 0.15) is 84.5 Å². The zero-order chi connectivity index (χ0) is 17.2. The highest BCUT2D eigenvalue weighted by atomic mass is 16.5. The summed E-state index contributed by atoms with van der Waals surface area (Å²) in [6, 6.07) is 0. The second-order valence-electron chi connectivity index (χ2n) is 5.73. The minimum absolute atomic E-state index is 0.211. The lowest BCUT2D eigenvalue weighted by Gasteiger charge is -2.05. The van der Waals surface area contributed by atoms with E-state index in [4.69, 9.17) is 9.47 Å². The first-order valence-electron chi connectivity index (χ1n) is 9.16. The third kappa shape index (κ3) is 16.9. The van der Waals surface area contributed by atoms with Crippen LogP contribution in [0.25, 0.3) is 0 Å². The lowest BCUT2D eigenvalue weighted by atomic mass is 10.1. The number of carbonyl (C=O) groups is 2. The van der Waals surface area contributed by atoms with Crippen LogP contribution < -0.4 is 0 Å². The molecule has 0 aliphatic heterocycles. The summed E-state index contributed by atoms with van der Waals surface area (Å²) in [5.74, 6) is -0.448. The Bertz CT molecular complexity index is 323. The van der Waals surface area contributed by atoms with Gasteiger partial charge in [-0.1, -0.05) is 58.1 Å². The van der Waals surface area contributed by atoms with Crippen LogP contribution in [0.4, 0.5) is 0 Å². The molecule has 0 heterocycles. The molecule has 0 amide bonds. The highest BCUT2D eigenvalue weighted by Crippen LogP contribution is 2.06. The number of carbonyl (C=O) groups excluding carboxylic acids is 2. The largest absolute Gasteiger partial charge is 0.466 e. The van der Waals surface area contributed by atoms with Gasteiger partial charge in [-0.05, 0) is 25.7 Å². The second kappa shape index (κ2) is 17.0. The van der Waals surface area contributed by atoms with Gasteiger partial charge in [0.1, 0.15) is 0 Å². The van der Waals surface area contributed by atoms with Gasteiger partial charge < -0.3 is 9.47 Å². The van der Waals surface area contributed by atoms with Crippen molar-refractivity contribution >= 4 is 11.9 Å². The summed E-state index contributed by atoms with van der Waals surface area (Å²) >= 11 is 0. The minimum Gasteiger partial charge on any atom is -0.466 e. The van der Waals surface area contributed by atoms with E-state index in [0.29, 0.717) is 26.1 Å². The lowest BCUT2D eigenvalue weighted by molar-refractivity contribution is -0.145. The zero-order valence-electron chi connectivity index (χ0n) is 15.0. The Hall–Kier alpha value is -1.32. The summed E-state index contributed by atoms with van der Waals surface area (Å²) in [7, 11) is 0. The van der Waals surface area contributed by atoms with Gasteiger partial charge in [-0.25, -0.2) is 0 Å². The molecular weight excluding hydrogens is 292 g/mol. The van der Waals surface area contributed by atoms with Crippen LogP contribution >= 0.6 is 0 Å². The first-order valence-corrected chi connectivity index (χ1v) is 9.16. The maximum atomic E-state index is 11.5. The fraction of sp³-hybridized carbons (Fsp3) is 0.789. The Labute approximate surface area is 141 Å². The lowest BCUT2D eigenvalue weighted by Crippen LogP contribution is -2.09. The van der Waals surface area contributed by atoms with Gasteiger partial charge in [-0.2, -0.15) is 0 Å². The number of ether oxygens (including phenoxy) is 2. The highest BCUT2D eigenvalue weighted by Gasteiger charge is 2.07. The fourth-order valence-electron chi connectivity index (χ4n) is 2.12. The van der Waals surface area contributed by atoms with Gasteiger partial charge >= 0.3 is 11.9 Å². The first kappa shape index (κ1) is 21.7. The molecule has 0 N–H and O–H groups in total. The fourth-order valence-corrected chi connectivity index (χ4v) is 2.12. The molecule has 23 heavy (non-hydrogen) atoms. The van der Waals surface area contributed by atoms with E-state index in [0.717, 1.165) is 25.7 Å². The molecule has 0 radical (unpaired) electrons. The molecule has 0 saturated heterocycles. The molecule has 0 aromatic carbocycles. The van der Waals surface area contributed by atoms with Crippen molar-refractivity contribution in [3.05, 3.63) is 12.2 Å². The molecule has 0 aliphatic carbocycles. The van der Waals surface area contributed by atoms with Crippen molar-refractivity contribution in [2.75, 3.05) is 13.2 Å². The number of allylic oxidation sites excluding steroid dienone is 1. The van der Waals surface area contributed by atoms with E-state index >= 15 is 0 Å². The minimum atomic E-state index is -0.237. The van der Waals surface area contributed by atoms with Crippen molar-refractivity contribution in [2.24, 2.45) is 0 Å². The van der Waals surface area contributed by atoms with Crippen LogP contribution in [-0.4, -0.2) is 25.2 Å². The average molecular weight is 326 g/mol. The van der Waals surface area contributed by atoms with Crippen LogP contribution in [0.15, 0.2) is 12.2 Å². The van der Waals surface area contributed by atoms with Gasteiger partial charge in [0.25, 0.3) is 0 Å². The van der Waals surface area contributed by atoms with Gasteiger partial charge in [0, 0.05) is 12.8 Å². The van der Waals surface area contributed by atoms with Gasteiger partial charge in [0.15, 0.2) is 0 Å². The quantitative estimate of drug-likeness (QED) is 0.242. The van der Waals surface area contributed by atoms with Gasteiger partial charge in [-0.3, -0.25) is 9.59 Å². The topological polar surface area (TPSA) is 52.6 Å². The molecule has 0 spiro atoms. The van der Waals surface area contributed by atoms with Gasteiger partial charge in [-0.15, -0.1) is 0 Å². The Balaban J connectivity index is 3.38. The summed E-state index contributed by atoms with van der Waals surface area (Å²) in [6.45, 7) is 5.17. The van der Waals surface area contributed by atoms with Gasteiger partial charge in [0.2, 0.25) is 0 Å². The predicted molar refractivity (Wildman–Crippen MR) is 93.2 cm³/mol. The molecule has 0 aliphatic rings. The predicted octanol–water partition coefficient (Wildman–Crippen LogP) is 4.96. The zero-order valence-corrected chi connectivity index (χ0v) is 15.0. The molecule has 0 saturated carbocycles. The first-order chi connectivity index (χ1) is 11.2. The molecule has 0 rings (SSSR count). The molecule has 0 aromatic rings. The Kier molecular flexibility index (Phi) is 16.1. The summed E-state index contributed by atoms with van der Waals surface area (Å²) in [6.07, 6.45) is 13.9. The summed E-state index contributed by atoms with van der Waals surface area (Å²) < 4.78 is 10.2. The smallest absolute Gasteiger partial charge is 0.305 e. The maximum Gasteiger partial charge on any atom is 0.305 e. The molecule has 4 heteroatoms. The Morgan fingerprint density at radius 3 is 2.00 bits per heavy atom. The van der Waals surface area contributed by atoms with Crippen LogP contribution in [0, 0.1) is 0 Å². The highest BCUT2D eigenvalue weighted by molar-refractivity contribution is 5.72. The van der Waals surface area contributed by atoms with Gasteiger partial charge in [0.05, 0.1) is 13.2 Å². The van der Waals surface area contributed by atoms with Crippen LogP contribution in [0.5, 0.6) is 0 Å². The Morgan fingerprint density at radius 2 is 1.35 bits per heavy atom. The van der Waals surface area contributed by atoms with Crippen molar-refractivity contribution < 1.29 is 19.1 Å². The van der Waals surface area contributed by atoms with Crippen molar-refractivity contribution in [3.8, 4) is 0 Å². The molecule has 0 atom stereocenters. The standard InChI is InChI=1S/C19H34O4/c1-3-5-7-9-10-12-17-23-19(21)15-13-14-18(20)22-16-11-8-6-4-2/h6,8H,3-5,7,9-17H2,1-2H3/b8-6+. The molecule has 134 valence electrons. The van der Waals surface area contributed by atoms with Crippen molar-refractivity contribution in [1.82, 2.24) is 0 Å². The average Bonchev–Trinajstić information content (AvgIpc) is 2.54. The third-order valence-electron chi connectivity index (χ3n) is 3.47. The van der Waals surface area contributed by atoms with Crippen molar-refractivity contribution in [2.45, 2.75) is 84.5 Å². The van der Waals surface area contributed by atoms with E-state index in [1.165, 1.54) is 25.7 Å². The molecular formula is C19H34O4. The number of unbranched alkanes of at least 4 members (excludes halogenated alkanes) is 5. The number of rotatable bonds is 15. The SMILES string of the molecule is CC/C=C/CCOC(=O)CCCC(=O)OCCCCCCCC. The number of esters is 2. The van der Waals surface area contributed by atoms with E-state index in [9.17, 15) is 9.59 Å². The number of hydrogen-bond acceptors (Lipinski definition) is 4. The van der Waals surface area contributed by atoms with E-state index in [1.54, 1.807) is 0 Å². The Morgan fingerprint density at radius 1 is 0.739 bits per heavy atom. The maximum absolute atomic E-state index is 11.5. The van der Waals surface area contributed by atoms with Crippen LogP contribution in [-0.2, 0) is 19.1 Å². The van der Waals surface area contributed by atoms with Crippen LogP contribution in [0.3, 0.4) is 0 Å². The molecule has 0 bridgehead atoms. The van der Waals surface area contributed by atoms with Crippen molar-refractivity contribution in [3.63, 3.8) is 0 Å². The summed E-state index contributed by atoms with van der Waals surface area (Å²) in [4.78, 5) is 23.0. The molecule has 0 fully saturated rings. The van der Waals surface area contributed by atoms with E-state index in [2.05, 4.69) is 13.8 Å². The normalized spacial score (nSPS) is 10.9. The van der Waals surface area contributed by atoms with E-state index in [1.807, 2.05) is 12.2 Å². The van der Waals surface area contributed by atoms with Crippen LogP contribution in [0.2, 0.25) is 0 Å². The second-order valence-corrected chi connectivity index (χ2v) is 5.73. The molecule has 0 unspecified atom stereocenters. The third-order valence-corrected chi connectivity index (χ3v) is 3.47. The summed E-state index contributed by atoms with van der Waals surface area (Å²) in [5.41, 5.74) is 0. The van der Waals surface area contributed by atoms with E-state index < -0.39 is 0 Å². The van der Waals surface area contributed by atoms with E-state index in [-0.39, 0.29) is 18.4 Å². The molecule has 4 nitrogen and oxygen atoms in total. The monoisotopic (exact) mass is 326 g/mol. The summed E-state index contributed by atoms with van der Waals surface area (Å²) in [5, 5.41) is 0. The molecule has 0 aromatic heterocycles.